The van der Waals surface area contributed by atoms with Crippen LogP contribution in [0.25, 0.3) is 11.1 Å². The second-order valence-corrected chi connectivity index (χ2v) is 8.78. The Hall–Kier alpha value is -2.76. The van der Waals surface area contributed by atoms with Gasteiger partial charge >= 0.3 is 0 Å². The van der Waals surface area contributed by atoms with Gasteiger partial charge in [0.2, 0.25) is 0 Å². The lowest BCUT2D eigenvalue weighted by Gasteiger charge is -2.20. The molecular formula is C24H23BrN2O2. The second-order valence-electron chi connectivity index (χ2n) is 7.86. The van der Waals surface area contributed by atoms with Crippen molar-refractivity contribution in [3.63, 3.8) is 0 Å². The number of imide groups is 1. The van der Waals surface area contributed by atoms with E-state index in [0.29, 0.717) is 21.7 Å². The van der Waals surface area contributed by atoms with Crippen molar-refractivity contribution >= 4 is 27.7 Å². The Morgan fingerprint density at radius 2 is 1.48 bits per heavy atom. The van der Waals surface area contributed by atoms with Crippen molar-refractivity contribution < 1.29 is 9.59 Å². The number of rotatable bonds is 3. The Morgan fingerprint density at radius 3 is 2.07 bits per heavy atom. The molecule has 4 nitrogen and oxygen atoms in total. The summed E-state index contributed by atoms with van der Waals surface area (Å²) in [4.78, 5) is 25.9. The topological polar surface area (TPSA) is 63.4 Å². The Balaban J connectivity index is 1.92. The number of hydrazine groups is 1. The molecule has 5 heteroatoms. The minimum absolute atomic E-state index is 0.0271. The highest BCUT2D eigenvalue weighted by Crippen LogP contribution is 2.28. The Bertz CT molecular complexity index is 1040. The van der Waals surface area contributed by atoms with E-state index in [1.165, 1.54) is 0 Å². The highest BCUT2D eigenvalue weighted by atomic mass is 79.9. The molecule has 2 amide bonds. The van der Waals surface area contributed by atoms with Crippen LogP contribution < -0.4 is 5.84 Å². The molecule has 0 aliphatic heterocycles. The van der Waals surface area contributed by atoms with Crippen LogP contribution in [0.2, 0.25) is 0 Å². The lowest BCUT2D eigenvalue weighted by Crippen LogP contribution is -2.42. The molecule has 3 aromatic rings. The summed E-state index contributed by atoms with van der Waals surface area (Å²) in [7, 11) is 0. The maximum atomic E-state index is 13.1. The molecule has 0 atom stereocenters. The largest absolute Gasteiger partial charge is 0.275 e. The quantitative estimate of drug-likeness (QED) is 0.245. The number of halogens is 1. The Kier molecular flexibility index (Phi) is 6.01. The molecule has 2 N–H and O–H groups in total. The third kappa shape index (κ3) is 4.63. The number of benzene rings is 3. The van der Waals surface area contributed by atoms with E-state index in [2.05, 4.69) is 36.7 Å². The van der Waals surface area contributed by atoms with E-state index < -0.39 is 11.8 Å². The van der Waals surface area contributed by atoms with Crippen molar-refractivity contribution in [1.82, 2.24) is 5.01 Å². The van der Waals surface area contributed by atoms with Crippen molar-refractivity contribution in [2.75, 3.05) is 0 Å². The first-order valence-electron chi connectivity index (χ1n) is 9.27. The molecule has 148 valence electrons. The third-order valence-electron chi connectivity index (χ3n) is 4.73. The van der Waals surface area contributed by atoms with Crippen molar-refractivity contribution in [1.29, 1.82) is 0 Å². The highest BCUT2D eigenvalue weighted by molar-refractivity contribution is 9.10. The van der Waals surface area contributed by atoms with E-state index in [1.807, 2.05) is 54.6 Å². The summed E-state index contributed by atoms with van der Waals surface area (Å²) < 4.78 is 0.732. The fourth-order valence-corrected chi connectivity index (χ4v) is 3.40. The van der Waals surface area contributed by atoms with Crippen LogP contribution in [0.3, 0.4) is 0 Å². The van der Waals surface area contributed by atoms with Crippen LogP contribution in [0.5, 0.6) is 0 Å². The molecule has 0 unspecified atom stereocenters. The van der Waals surface area contributed by atoms with Crippen LogP contribution in [0, 0.1) is 0 Å². The van der Waals surface area contributed by atoms with Gasteiger partial charge in [0.05, 0.1) is 5.56 Å². The van der Waals surface area contributed by atoms with Crippen LogP contribution in [0.15, 0.2) is 77.3 Å². The van der Waals surface area contributed by atoms with Gasteiger partial charge in [0.25, 0.3) is 11.8 Å². The van der Waals surface area contributed by atoms with Gasteiger partial charge in [-0.3, -0.25) is 9.59 Å². The summed E-state index contributed by atoms with van der Waals surface area (Å²) >= 11 is 3.40. The minimum Gasteiger partial charge on any atom is -0.267 e. The number of hydrogen-bond acceptors (Lipinski definition) is 3. The van der Waals surface area contributed by atoms with Gasteiger partial charge in [-0.05, 0) is 46.4 Å². The van der Waals surface area contributed by atoms with Gasteiger partial charge in [0.1, 0.15) is 0 Å². The summed E-state index contributed by atoms with van der Waals surface area (Å²) in [6.07, 6.45) is 0. The van der Waals surface area contributed by atoms with Crippen molar-refractivity contribution in [3.8, 4) is 11.1 Å². The molecule has 29 heavy (non-hydrogen) atoms. The first-order valence-corrected chi connectivity index (χ1v) is 10.1. The van der Waals surface area contributed by atoms with Gasteiger partial charge < -0.3 is 0 Å². The van der Waals surface area contributed by atoms with Gasteiger partial charge in [-0.1, -0.05) is 85.2 Å². The average molecular weight is 451 g/mol. The first-order chi connectivity index (χ1) is 13.7. The molecule has 3 rings (SSSR count). The lowest BCUT2D eigenvalue weighted by atomic mass is 9.86. The van der Waals surface area contributed by atoms with Crippen molar-refractivity contribution in [2.45, 2.75) is 26.2 Å². The number of nitrogens with two attached hydrogens (primary N) is 1. The van der Waals surface area contributed by atoms with Gasteiger partial charge in [0.15, 0.2) is 0 Å². The van der Waals surface area contributed by atoms with Crippen molar-refractivity contribution in [3.05, 3.63) is 94.0 Å². The summed E-state index contributed by atoms with van der Waals surface area (Å²) in [6, 6.07) is 22.1. The van der Waals surface area contributed by atoms with Crippen LogP contribution in [-0.4, -0.2) is 16.8 Å². The fourth-order valence-electron chi connectivity index (χ4n) is 3.04. The van der Waals surface area contributed by atoms with E-state index in [4.69, 9.17) is 5.84 Å². The van der Waals surface area contributed by atoms with Crippen LogP contribution >= 0.6 is 15.9 Å². The van der Waals surface area contributed by atoms with E-state index in [9.17, 15) is 9.59 Å². The number of carbonyl (C=O) groups excluding carboxylic acids is 2. The number of nitrogens with zero attached hydrogens (tertiary/aromatic N) is 1. The fraction of sp³-hybridized carbons (Fsp3) is 0.167. The molecule has 0 saturated carbocycles. The van der Waals surface area contributed by atoms with E-state index >= 15 is 0 Å². The lowest BCUT2D eigenvalue weighted by molar-refractivity contribution is 0.0616. The standard InChI is InChI=1S/C24H23BrN2O2/c1-24(2,3)18-11-9-17(10-12-18)22(28)27(26)23(29)21-15-19(25)13-14-20(21)16-7-5-4-6-8-16/h4-15H,26H2,1-3H3. The SMILES string of the molecule is CC(C)(C)c1ccc(C(=O)N(N)C(=O)c2cc(Br)ccc2-c2ccccc2)cc1. The highest BCUT2D eigenvalue weighted by Gasteiger charge is 2.24. The second kappa shape index (κ2) is 8.31. The monoisotopic (exact) mass is 450 g/mol. The van der Waals surface area contributed by atoms with E-state index in [-0.39, 0.29) is 5.41 Å². The molecule has 0 aliphatic rings. The predicted octanol–water partition coefficient (Wildman–Crippen LogP) is 5.57. The summed E-state index contributed by atoms with van der Waals surface area (Å²) in [6.45, 7) is 6.29. The Labute approximate surface area is 179 Å². The normalized spacial score (nSPS) is 11.2. The third-order valence-corrected chi connectivity index (χ3v) is 5.23. The number of carbonyl (C=O) groups is 2. The summed E-state index contributed by atoms with van der Waals surface area (Å²) in [5.74, 6) is 4.86. The molecule has 0 bridgehead atoms. The zero-order valence-electron chi connectivity index (χ0n) is 16.6. The molecule has 0 fully saturated rings. The molecule has 0 spiro atoms. The summed E-state index contributed by atoms with van der Waals surface area (Å²) in [5, 5.41) is 0.681. The summed E-state index contributed by atoms with van der Waals surface area (Å²) in [5.41, 5.74) is 3.38. The first kappa shape index (κ1) is 21.0. The predicted molar refractivity (Wildman–Crippen MR) is 119 cm³/mol. The number of hydrogen-bond donors (Lipinski definition) is 1. The maximum absolute atomic E-state index is 13.1. The van der Waals surface area contributed by atoms with Gasteiger partial charge in [-0.2, -0.15) is 0 Å². The van der Waals surface area contributed by atoms with Gasteiger partial charge in [0, 0.05) is 10.0 Å². The van der Waals surface area contributed by atoms with E-state index in [1.54, 1.807) is 18.2 Å². The minimum atomic E-state index is -0.560. The maximum Gasteiger partial charge on any atom is 0.275 e. The van der Waals surface area contributed by atoms with Crippen LogP contribution in [0.1, 0.15) is 47.1 Å². The molecule has 3 aromatic carbocycles. The molecule has 0 radical (unpaired) electrons. The van der Waals surface area contributed by atoms with Crippen LogP contribution in [-0.2, 0) is 5.41 Å². The van der Waals surface area contributed by atoms with Crippen LogP contribution in [0.4, 0.5) is 0 Å². The molecule has 0 saturated heterocycles. The molecule has 0 heterocycles. The molecule has 0 aromatic heterocycles. The average Bonchev–Trinajstić information content (AvgIpc) is 2.72. The van der Waals surface area contributed by atoms with Crippen molar-refractivity contribution in [2.24, 2.45) is 5.84 Å². The zero-order chi connectivity index (χ0) is 21.2. The number of amides is 2. The smallest absolute Gasteiger partial charge is 0.267 e. The Morgan fingerprint density at radius 1 is 0.862 bits per heavy atom. The van der Waals surface area contributed by atoms with Gasteiger partial charge in [-0.25, -0.2) is 10.9 Å². The van der Waals surface area contributed by atoms with E-state index in [0.717, 1.165) is 15.6 Å². The molecular weight excluding hydrogens is 428 g/mol. The zero-order valence-corrected chi connectivity index (χ0v) is 18.2. The van der Waals surface area contributed by atoms with Gasteiger partial charge in [-0.15, -0.1) is 0 Å². The molecule has 0 aliphatic carbocycles.